The van der Waals surface area contributed by atoms with Crippen LogP contribution in [0.15, 0.2) is 29.4 Å². The number of nitrogens with zero attached hydrogens (tertiary/aromatic N) is 2. The summed E-state index contributed by atoms with van der Waals surface area (Å²) in [7, 11) is 0. The molecular formula is C20H20I2N2O3. The van der Waals surface area contributed by atoms with Gasteiger partial charge in [-0.1, -0.05) is 12.2 Å². The van der Waals surface area contributed by atoms with Crippen LogP contribution in [0, 0.1) is 30.8 Å². The first kappa shape index (κ1) is 19.4. The molecule has 3 aliphatic carbocycles. The molecule has 0 spiro atoms. The maximum absolute atomic E-state index is 12.8. The van der Waals surface area contributed by atoms with E-state index in [1.165, 1.54) is 0 Å². The molecule has 1 saturated carbocycles. The van der Waals surface area contributed by atoms with Crippen molar-refractivity contribution in [1.82, 2.24) is 5.01 Å². The Kier molecular flexibility index (Phi) is 5.34. The predicted octanol–water partition coefficient (Wildman–Crippen LogP) is 4.21. The quantitative estimate of drug-likeness (QED) is 0.229. The molecule has 5 nitrogen and oxygen atoms in total. The minimum Gasteiger partial charge on any atom is -0.489 e. The zero-order chi connectivity index (χ0) is 19.3. The van der Waals surface area contributed by atoms with E-state index in [1.807, 2.05) is 26.0 Å². The maximum atomic E-state index is 12.8. The third kappa shape index (κ3) is 3.45. The average molecular weight is 590 g/mol. The molecule has 2 amide bonds. The smallest absolute Gasteiger partial charge is 0.254 e. The van der Waals surface area contributed by atoms with Crippen LogP contribution in [0.2, 0.25) is 0 Å². The highest BCUT2D eigenvalue weighted by Gasteiger charge is 2.56. The summed E-state index contributed by atoms with van der Waals surface area (Å²) in [4.78, 5) is 25.6. The van der Waals surface area contributed by atoms with E-state index in [0.717, 1.165) is 36.3 Å². The van der Waals surface area contributed by atoms with E-state index in [1.54, 1.807) is 6.21 Å². The first-order chi connectivity index (χ1) is 12.9. The molecule has 5 rings (SSSR count). The van der Waals surface area contributed by atoms with Gasteiger partial charge in [-0.05, 0) is 101 Å². The van der Waals surface area contributed by atoms with Crippen LogP contribution in [0.25, 0.3) is 0 Å². The number of ether oxygens (including phenoxy) is 1. The fraction of sp³-hybridized carbons (Fsp3) is 0.450. The monoisotopic (exact) mass is 590 g/mol. The Morgan fingerprint density at radius 2 is 1.59 bits per heavy atom. The SMILES string of the molecule is CC(C)Oc1c(I)cc(/C=N\N2C(=O)[C@@H]3[C@@H](C2=O)[C@H]2C=C[C@H]3CC2)cc1I. The molecule has 2 fully saturated rings. The predicted molar refractivity (Wildman–Crippen MR) is 119 cm³/mol. The highest BCUT2D eigenvalue weighted by molar-refractivity contribution is 14.1. The molecule has 0 unspecified atom stereocenters. The summed E-state index contributed by atoms with van der Waals surface area (Å²) < 4.78 is 7.81. The topological polar surface area (TPSA) is 59.0 Å². The molecular weight excluding hydrogens is 570 g/mol. The van der Waals surface area contributed by atoms with E-state index >= 15 is 0 Å². The van der Waals surface area contributed by atoms with Gasteiger partial charge in [0.25, 0.3) is 11.8 Å². The number of allylic oxidation sites excluding steroid dienone is 2. The number of carbonyl (C=O) groups excluding carboxylic acids is 2. The standard InChI is InChI=1S/C20H20I2N2O3/c1-10(2)27-18-14(21)7-11(8-15(18)22)9-23-24-19(25)16-12-3-4-13(6-5-12)17(16)20(24)26/h3-4,7-10,12-13,16-17H,5-6H2,1-2H3/b23-9-/t12-,13-,16-,17-/m0/s1. The second kappa shape index (κ2) is 7.46. The van der Waals surface area contributed by atoms with Crippen LogP contribution in [0.4, 0.5) is 0 Å². The number of hydrogen-bond acceptors (Lipinski definition) is 4. The Hall–Kier alpha value is -0.970. The molecule has 4 aliphatic rings. The molecule has 0 N–H and O–H groups in total. The lowest BCUT2D eigenvalue weighted by Gasteiger charge is -2.37. The van der Waals surface area contributed by atoms with Gasteiger partial charge in [0, 0.05) is 0 Å². The van der Waals surface area contributed by atoms with Crippen LogP contribution in [-0.2, 0) is 9.59 Å². The van der Waals surface area contributed by atoms with Gasteiger partial charge in [0.15, 0.2) is 0 Å². The number of halogens is 2. The molecule has 0 radical (unpaired) electrons. The fourth-order valence-corrected chi connectivity index (χ4v) is 6.37. The second-order valence-electron chi connectivity index (χ2n) is 7.55. The Morgan fingerprint density at radius 3 is 2.04 bits per heavy atom. The average Bonchev–Trinajstić information content (AvgIpc) is 2.90. The summed E-state index contributed by atoms with van der Waals surface area (Å²) in [6.45, 7) is 3.99. The highest BCUT2D eigenvalue weighted by atomic mass is 127. The molecule has 27 heavy (non-hydrogen) atoms. The lowest BCUT2D eigenvalue weighted by atomic mass is 9.63. The molecule has 1 aliphatic heterocycles. The van der Waals surface area contributed by atoms with Gasteiger partial charge in [-0.2, -0.15) is 10.1 Å². The van der Waals surface area contributed by atoms with Gasteiger partial charge in [-0.15, -0.1) is 0 Å². The van der Waals surface area contributed by atoms with Gasteiger partial charge in [-0.3, -0.25) is 9.59 Å². The van der Waals surface area contributed by atoms with Crippen molar-refractivity contribution >= 4 is 63.2 Å². The number of fused-ring (bicyclic) bond motifs is 1. The van der Waals surface area contributed by atoms with E-state index in [2.05, 4.69) is 62.4 Å². The molecule has 4 atom stereocenters. The number of hydrogen-bond donors (Lipinski definition) is 0. The van der Waals surface area contributed by atoms with Crippen molar-refractivity contribution in [3.05, 3.63) is 37.0 Å². The van der Waals surface area contributed by atoms with Crippen molar-refractivity contribution in [3.63, 3.8) is 0 Å². The lowest BCUT2D eigenvalue weighted by Crippen LogP contribution is -2.38. The minimum atomic E-state index is -0.222. The van der Waals surface area contributed by atoms with Crippen molar-refractivity contribution in [2.75, 3.05) is 0 Å². The van der Waals surface area contributed by atoms with Crippen molar-refractivity contribution in [2.24, 2.45) is 28.8 Å². The van der Waals surface area contributed by atoms with Crippen molar-refractivity contribution in [1.29, 1.82) is 0 Å². The highest BCUT2D eigenvalue weighted by Crippen LogP contribution is 2.49. The van der Waals surface area contributed by atoms with Crippen molar-refractivity contribution in [2.45, 2.75) is 32.8 Å². The van der Waals surface area contributed by atoms with E-state index in [9.17, 15) is 9.59 Å². The number of carbonyl (C=O) groups is 2. The summed E-state index contributed by atoms with van der Waals surface area (Å²) in [5.41, 5.74) is 0.844. The van der Waals surface area contributed by atoms with Crippen LogP contribution in [-0.4, -0.2) is 29.1 Å². The Labute approximate surface area is 185 Å². The summed E-state index contributed by atoms with van der Waals surface area (Å²) >= 11 is 4.47. The second-order valence-corrected chi connectivity index (χ2v) is 9.88. The van der Waals surface area contributed by atoms with Crippen LogP contribution >= 0.6 is 45.2 Å². The molecule has 7 heteroatoms. The number of benzene rings is 1. The van der Waals surface area contributed by atoms with E-state index in [0.29, 0.717) is 0 Å². The largest absolute Gasteiger partial charge is 0.489 e. The number of imide groups is 1. The Balaban J connectivity index is 1.57. The Bertz CT molecular complexity index is 810. The van der Waals surface area contributed by atoms with Crippen molar-refractivity contribution < 1.29 is 14.3 Å². The summed E-state index contributed by atoms with van der Waals surface area (Å²) in [6, 6.07) is 3.90. The van der Waals surface area contributed by atoms with Crippen molar-refractivity contribution in [3.8, 4) is 5.75 Å². The summed E-state index contributed by atoms with van der Waals surface area (Å²) in [5.74, 6) is 0.484. The number of amides is 2. The maximum Gasteiger partial charge on any atom is 0.254 e. The van der Waals surface area contributed by atoms with E-state index < -0.39 is 0 Å². The van der Waals surface area contributed by atoms with Gasteiger partial charge in [0.05, 0.1) is 31.3 Å². The molecule has 1 aromatic rings. The van der Waals surface area contributed by atoms with Crippen LogP contribution in [0.3, 0.4) is 0 Å². The lowest BCUT2D eigenvalue weighted by molar-refractivity contribution is -0.140. The molecule has 0 aromatic heterocycles. The van der Waals surface area contributed by atoms with E-state index in [4.69, 9.17) is 4.74 Å². The van der Waals surface area contributed by atoms with Crippen LogP contribution < -0.4 is 4.74 Å². The minimum absolute atomic E-state index is 0.0960. The van der Waals surface area contributed by atoms with Crippen LogP contribution in [0.1, 0.15) is 32.3 Å². The Morgan fingerprint density at radius 1 is 1.07 bits per heavy atom. The van der Waals surface area contributed by atoms with Gasteiger partial charge < -0.3 is 4.74 Å². The van der Waals surface area contributed by atoms with E-state index in [-0.39, 0.29) is 41.6 Å². The fourth-order valence-electron chi connectivity index (χ4n) is 4.30. The molecule has 1 aromatic carbocycles. The summed E-state index contributed by atoms with van der Waals surface area (Å²) in [5, 5.41) is 5.39. The van der Waals surface area contributed by atoms with Crippen LogP contribution in [0.5, 0.6) is 5.75 Å². The molecule has 2 bridgehead atoms. The first-order valence-electron chi connectivity index (χ1n) is 9.12. The zero-order valence-corrected chi connectivity index (χ0v) is 19.4. The third-order valence-corrected chi connectivity index (χ3v) is 7.04. The molecule has 1 heterocycles. The van der Waals surface area contributed by atoms with Gasteiger partial charge >= 0.3 is 0 Å². The normalized spacial score (nSPS) is 29.3. The van der Waals surface area contributed by atoms with Gasteiger partial charge in [0.2, 0.25) is 0 Å². The number of rotatable bonds is 4. The molecule has 142 valence electrons. The summed E-state index contributed by atoms with van der Waals surface area (Å²) in [6.07, 6.45) is 7.92. The first-order valence-corrected chi connectivity index (χ1v) is 11.3. The molecule has 1 saturated heterocycles. The number of hydrazone groups is 1. The van der Waals surface area contributed by atoms with Gasteiger partial charge in [-0.25, -0.2) is 0 Å². The zero-order valence-electron chi connectivity index (χ0n) is 15.1. The third-order valence-electron chi connectivity index (χ3n) is 5.43. The van der Waals surface area contributed by atoms with Gasteiger partial charge in [0.1, 0.15) is 5.75 Å².